The highest BCUT2D eigenvalue weighted by Crippen LogP contribution is 2.36. The molecule has 0 saturated heterocycles. The maximum atomic E-state index is 12.8. The fourth-order valence-electron chi connectivity index (χ4n) is 2.51. The zero-order valence-electron chi connectivity index (χ0n) is 10.9. The van der Waals surface area contributed by atoms with Gasteiger partial charge in [0, 0.05) is 6.04 Å². The van der Waals surface area contributed by atoms with Gasteiger partial charge in [-0.2, -0.15) is 0 Å². The predicted octanol–water partition coefficient (Wildman–Crippen LogP) is 3.16. The van der Waals surface area contributed by atoms with Crippen LogP contribution in [-0.4, -0.2) is 11.0 Å². The molecule has 0 amide bonds. The number of hydrogen-bond acceptors (Lipinski definition) is 3. The number of nitrogens with one attached hydrogen (secondary N) is 1. The molecule has 0 spiro atoms. The Labute approximate surface area is 111 Å². The fourth-order valence-corrected chi connectivity index (χ4v) is 2.51. The Hall–Kier alpha value is -1.68. The summed E-state index contributed by atoms with van der Waals surface area (Å²) in [5.41, 5.74) is 1.23. The van der Waals surface area contributed by atoms with E-state index in [2.05, 4.69) is 10.3 Å². The number of halogens is 1. The average molecular weight is 260 g/mol. The molecule has 19 heavy (non-hydrogen) atoms. The van der Waals surface area contributed by atoms with Crippen LogP contribution in [0.2, 0.25) is 0 Å². The summed E-state index contributed by atoms with van der Waals surface area (Å²) in [6.45, 7) is 2.57. The summed E-state index contributed by atoms with van der Waals surface area (Å²) < 4.78 is 18.2. The second kappa shape index (κ2) is 5.13. The SMILES string of the molecule is Cc1cnc(CNC2CC(c3ccc(F)cc3)C2)o1. The van der Waals surface area contributed by atoms with Crippen molar-refractivity contribution in [2.24, 2.45) is 0 Å². The third-order valence-electron chi connectivity index (χ3n) is 3.69. The van der Waals surface area contributed by atoms with Crippen molar-refractivity contribution in [2.75, 3.05) is 0 Å². The van der Waals surface area contributed by atoms with E-state index in [1.807, 2.05) is 19.1 Å². The molecule has 1 fully saturated rings. The van der Waals surface area contributed by atoms with Crippen LogP contribution in [0.25, 0.3) is 0 Å². The quantitative estimate of drug-likeness (QED) is 0.917. The van der Waals surface area contributed by atoms with Gasteiger partial charge in [-0.1, -0.05) is 12.1 Å². The number of rotatable bonds is 4. The van der Waals surface area contributed by atoms with Crippen LogP contribution in [0.5, 0.6) is 0 Å². The van der Waals surface area contributed by atoms with Crippen molar-refractivity contribution in [3.05, 3.63) is 53.5 Å². The third kappa shape index (κ3) is 2.84. The van der Waals surface area contributed by atoms with Gasteiger partial charge in [-0.3, -0.25) is 0 Å². The largest absolute Gasteiger partial charge is 0.445 e. The first kappa shape index (κ1) is 12.4. The summed E-state index contributed by atoms with van der Waals surface area (Å²) in [6, 6.07) is 7.33. The van der Waals surface area contributed by atoms with Gasteiger partial charge in [0.2, 0.25) is 5.89 Å². The standard InChI is InChI=1S/C15H17FN2O/c1-10-8-18-15(19-10)9-17-14-6-12(7-14)11-2-4-13(16)5-3-11/h2-5,8,12,14,17H,6-7,9H2,1H3. The zero-order chi connectivity index (χ0) is 13.2. The fraction of sp³-hybridized carbons (Fsp3) is 0.400. The van der Waals surface area contributed by atoms with E-state index in [-0.39, 0.29) is 5.82 Å². The van der Waals surface area contributed by atoms with Crippen LogP contribution in [0.3, 0.4) is 0 Å². The minimum absolute atomic E-state index is 0.169. The Morgan fingerprint density at radius 3 is 2.68 bits per heavy atom. The number of nitrogens with zero attached hydrogens (tertiary/aromatic N) is 1. The molecule has 1 heterocycles. The Kier molecular flexibility index (Phi) is 3.34. The van der Waals surface area contributed by atoms with E-state index in [1.165, 1.54) is 17.7 Å². The second-order valence-electron chi connectivity index (χ2n) is 5.16. The van der Waals surface area contributed by atoms with Gasteiger partial charge in [0.15, 0.2) is 0 Å². The summed E-state index contributed by atoms with van der Waals surface area (Å²) in [7, 11) is 0. The lowest BCUT2D eigenvalue weighted by atomic mass is 9.76. The normalized spacial score (nSPS) is 22.2. The van der Waals surface area contributed by atoms with Gasteiger partial charge >= 0.3 is 0 Å². The molecule has 3 nitrogen and oxygen atoms in total. The molecule has 1 aromatic carbocycles. The third-order valence-corrected chi connectivity index (χ3v) is 3.69. The van der Waals surface area contributed by atoms with Crippen molar-refractivity contribution in [2.45, 2.75) is 38.3 Å². The lowest BCUT2D eigenvalue weighted by molar-refractivity contribution is 0.278. The monoisotopic (exact) mass is 260 g/mol. The minimum atomic E-state index is -0.169. The predicted molar refractivity (Wildman–Crippen MR) is 70.2 cm³/mol. The van der Waals surface area contributed by atoms with Gasteiger partial charge in [-0.05, 0) is 43.4 Å². The van der Waals surface area contributed by atoms with Crippen molar-refractivity contribution in [3.63, 3.8) is 0 Å². The molecule has 1 saturated carbocycles. The molecule has 1 aromatic heterocycles. The molecular weight excluding hydrogens is 243 g/mol. The Balaban J connectivity index is 1.46. The van der Waals surface area contributed by atoms with Crippen LogP contribution < -0.4 is 5.32 Å². The molecule has 1 N–H and O–H groups in total. The lowest BCUT2D eigenvalue weighted by Crippen LogP contribution is -2.39. The minimum Gasteiger partial charge on any atom is -0.445 e. The van der Waals surface area contributed by atoms with Gasteiger partial charge < -0.3 is 9.73 Å². The summed E-state index contributed by atoms with van der Waals surface area (Å²) in [4.78, 5) is 4.16. The zero-order valence-corrected chi connectivity index (χ0v) is 10.9. The molecule has 4 heteroatoms. The van der Waals surface area contributed by atoms with Crippen molar-refractivity contribution < 1.29 is 8.81 Å². The summed E-state index contributed by atoms with van der Waals surface area (Å²) >= 11 is 0. The first-order chi connectivity index (χ1) is 9.20. The highest BCUT2D eigenvalue weighted by Gasteiger charge is 2.29. The molecule has 1 aliphatic rings. The van der Waals surface area contributed by atoms with Crippen LogP contribution in [0.1, 0.15) is 36.0 Å². The molecule has 0 unspecified atom stereocenters. The summed E-state index contributed by atoms with van der Waals surface area (Å²) in [5, 5.41) is 3.43. The highest BCUT2D eigenvalue weighted by molar-refractivity contribution is 5.23. The van der Waals surface area contributed by atoms with E-state index < -0.39 is 0 Å². The second-order valence-corrected chi connectivity index (χ2v) is 5.16. The maximum Gasteiger partial charge on any atom is 0.208 e. The van der Waals surface area contributed by atoms with Gasteiger partial charge in [-0.15, -0.1) is 0 Å². The molecular formula is C15H17FN2O. The maximum absolute atomic E-state index is 12.8. The van der Waals surface area contributed by atoms with Crippen molar-refractivity contribution >= 4 is 0 Å². The lowest BCUT2D eigenvalue weighted by Gasteiger charge is -2.36. The molecule has 0 atom stereocenters. The van der Waals surface area contributed by atoms with Crippen molar-refractivity contribution in [3.8, 4) is 0 Å². The van der Waals surface area contributed by atoms with Crippen molar-refractivity contribution in [1.29, 1.82) is 0 Å². The van der Waals surface area contributed by atoms with Crippen LogP contribution in [0.15, 0.2) is 34.9 Å². The molecule has 100 valence electrons. The highest BCUT2D eigenvalue weighted by atomic mass is 19.1. The van der Waals surface area contributed by atoms with Crippen LogP contribution >= 0.6 is 0 Å². The van der Waals surface area contributed by atoms with E-state index in [0.29, 0.717) is 18.5 Å². The summed E-state index contributed by atoms with van der Waals surface area (Å²) in [5.74, 6) is 1.96. The van der Waals surface area contributed by atoms with E-state index in [1.54, 1.807) is 6.20 Å². The smallest absolute Gasteiger partial charge is 0.208 e. The molecule has 0 aliphatic heterocycles. The van der Waals surface area contributed by atoms with Gasteiger partial charge in [-0.25, -0.2) is 9.37 Å². The molecule has 0 bridgehead atoms. The number of aromatic nitrogens is 1. The first-order valence-electron chi connectivity index (χ1n) is 6.61. The first-order valence-corrected chi connectivity index (χ1v) is 6.61. The number of hydrogen-bond donors (Lipinski definition) is 1. The van der Waals surface area contributed by atoms with Crippen molar-refractivity contribution in [1.82, 2.24) is 10.3 Å². The van der Waals surface area contributed by atoms with E-state index in [4.69, 9.17) is 4.42 Å². The van der Waals surface area contributed by atoms with E-state index in [0.717, 1.165) is 24.5 Å². The van der Waals surface area contributed by atoms with E-state index in [9.17, 15) is 4.39 Å². The Bertz CT molecular complexity index is 544. The van der Waals surface area contributed by atoms with Gasteiger partial charge in [0.1, 0.15) is 11.6 Å². The number of aryl methyl sites for hydroxylation is 1. The van der Waals surface area contributed by atoms with E-state index >= 15 is 0 Å². The molecule has 1 aliphatic carbocycles. The van der Waals surface area contributed by atoms with Gasteiger partial charge in [0.25, 0.3) is 0 Å². The van der Waals surface area contributed by atoms with Crippen LogP contribution in [-0.2, 0) is 6.54 Å². The summed E-state index contributed by atoms with van der Waals surface area (Å²) in [6.07, 6.45) is 3.91. The molecule has 0 radical (unpaired) electrons. The number of benzene rings is 1. The average Bonchev–Trinajstić information content (AvgIpc) is 2.75. The van der Waals surface area contributed by atoms with Gasteiger partial charge in [0.05, 0.1) is 12.7 Å². The topological polar surface area (TPSA) is 38.1 Å². The molecule has 3 rings (SSSR count). The Morgan fingerprint density at radius 1 is 1.32 bits per heavy atom. The molecule has 2 aromatic rings. The Morgan fingerprint density at radius 2 is 2.05 bits per heavy atom. The van der Waals surface area contributed by atoms with Crippen LogP contribution in [0, 0.1) is 12.7 Å². The number of oxazole rings is 1. The van der Waals surface area contributed by atoms with Crippen LogP contribution in [0.4, 0.5) is 4.39 Å².